The number of rotatable bonds is 1. The van der Waals surface area contributed by atoms with Gasteiger partial charge in [-0.3, -0.25) is 4.65 Å². The number of para-hydroxylation sites is 1. The van der Waals surface area contributed by atoms with Crippen molar-refractivity contribution >= 4 is 29.1 Å². The van der Waals surface area contributed by atoms with E-state index in [1.807, 2.05) is 30.3 Å². The van der Waals surface area contributed by atoms with Gasteiger partial charge in [-0.2, -0.15) is 0 Å². The van der Waals surface area contributed by atoms with Gasteiger partial charge in [-0.05, 0) is 6.07 Å². The molecule has 3 N–H and O–H groups in total. The zero-order chi connectivity index (χ0) is 11.8. The molecular formula is C11H13N3OS. The molecule has 0 radical (unpaired) electrons. The van der Waals surface area contributed by atoms with Crippen LogP contribution in [0.3, 0.4) is 0 Å². The van der Waals surface area contributed by atoms with Crippen LogP contribution in [0, 0.1) is 5.21 Å². The highest BCUT2D eigenvalue weighted by Gasteiger charge is 2.24. The van der Waals surface area contributed by atoms with Gasteiger partial charge in [0.25, 0.3) is 5.11 Å². The Morgan fingerprint density at radius 1 is 1.50 bits per heavy atom. The maximum atomic E-state index is 12.1. The number of likely N-dealkylation sites (N-methyl/N-ethyl adjacent to an activating group) is 1. The van der Waals surface area contributed by atoms with Gasteiger partial charge in [-0.1, -0.05) is 18.2 Å². The Morgan fingerprint density at radius 3 is 2.88 bits per heavy atom. The molecule has 1 unspecified atom stereocenters. The van der Waals surface area contributed by atoms with Crippen LogP contribution in [0.4, 0.5) is 5.69 Å². The summed E-state index contributed by atoms with van der Waals surface area (Å²) < 4.78 is -0.795. The molecule has 0 aliphatic carbocycles. The first-order chi connectivity index (χ1) is 7.51. The fourth-order valence-corrected chi connectivity index (χ4v) is 1.73. The molecule has 0 saturated heterocycles. The van der Waals surface area contributed by atoms with Crippen molar-refractivity contribution in [2.24, 2.45) is 5.73 Å². The normalized spacial score (nSPS) is 17.8. The molecule has 1 aliphatic rings. The molecule has 0 saturated carbocycles. The van der Waals surface area contributed by atoms with Crippen LogP contribution < -0.4 is 11.1 Å². The molecule has 1 heterocycles. The van der Waals surface area contributed by atoms with Crippen molar-refractivity contribution in [3.63, 3.8) is 0 Å². The number of nitrogens with two attached hydrogens (primary N) is 1. The molecule has 0 aromatic heterocycles. The van der Waals surface area contributed by atoms with Crippen molar-refractivity contribution in [3.8, 4) is 0 Å². The highest BCUT2D eigenvalue weighted by molar-refractivity contribution is 7.79. The molecule has 0 amide bonds. The van der Waals surface area contributed by atoms with Gasteiger partial charge in [0.2, 0.25) is 0 Å². The summed E-state index contributed by atoms with van der Waals surface area (Å²) in [5.74, 6) is 0. The highest BCUT2D eigenvalue weighted by Crippen LogP contribution is 2.26. The maximum Gasteiger partial charge on any atom is 0.272 e. The molecule has 16 heavy (non-hydrogen) atoms. The Hall–Kier alpha value is -1.43. The van der Waals surface area contributed by atoms with Crippen LogP contribution in [0.5, 0.6) is 0 Å². The third kappa shape index (κ3) is 1.80. The van der Waals surface area contributed by atoms with E-state index < -0.39 is 4.65 Å². The topological polar surface area (TPSA) is 61.1 Å². The monoisotopic (exact) mass is 235 g/mol. The average Bonchev–Trinajstić information content (AvgIpc) is 2.28. The van der Waals surface area contributed by atoms with E-state index in [1.54, 1.807) is 0 Å². The summed E-state index contributed by atoms with van der Waals surface area (Å²) >= 11 is 4.78. The number of hydrogen-bond acceptors (Lipinski definition) is 3. The molecule has 0 bridgehead atoms. The summed E-state index contributed by atoms with van der Waals surface area (Å²) in [6, 6.07) is 7.79. The zero-order valence-electron chi connectivity index (χ0n) is 8.93. The first kappa shape index (κ1) is 11.1. The molecule has 0 spiro atoms. The minimum Gasteiger partial charge on any atom is -0.621 e. The maximum absolute atomic E-state index is 12.1. The third-order valence-electron chi connectivity index (χ3n) is 2.71. The lowest BCUT2D eigenvalue weighted by atomic mass is 10.1. The fraction of sp³-hybridized carbons (Fsp3) is 0.182. The molecule has 1 atom stereocenters. The molecular weight excluding hydrogens is 222 g/mol. The molecule has 0 fully saturated rings. The van der Waals surface area contributed by atoms with Gasteiger partial charge in [-0.15, -0.1) is 0 Å². The Morgan fingerprint density at radius 2 is 2.19 bits per heavy atom. The minimum atomic E-state index is -0.795. The molecule has 2 rings (SSSR count). The number of hydrogen-bond donors (Lipinski definition) is 2. The van der Waals surface area contributed by atoms with Crippen LogP contribution >= 0.6 is 12.2 Å². The van der Waals surface area contributed by atoms with Crippen molar-refractivity contribution in [2.45, 2.75) is 0 Å². The zero-order valence-corrected chi connectivity index (χ0v) is 9.75. The second-order valence-corrected chi connectivity index (χ2v) is 4.26. The van der Waals surface area contributed by atoms with E-state index in [9.17, 15) is 5.21 Å². The minimum absolute atomic E-state index is 0.0765. The lowest BCUT2D eigenvalue weighted by molar-refractivity contribution is -0.721. The number of benzene rings is 1. The Balaban J connectivity index is 2.41. The molecule has 1 aromatic carbocycles. The van der Waals surface area contributed by atoms with Crippen molar-refractivity contribution < 1.29 is 4.65 Å². The number of nitrogens with zero attached hydrogens (tertiary/aromatic N) is 1. The van der Waals surface area contributed by atoms with Crippen LogP contribution in [-0.2, 0) is 0 Å². The quantitative estimate of drug-likeness (QED) is 0.441. The Labute approximate surface area is 99.5 Å². The smallest absolute Gasteiger partial charge is 0.272 e. The number of hydroxylamine groups is 3. The number of thiocarbonyl (C=S) groups is 1. The first-order valence-corrected chi connectivity index (χ1v) is 5.34. The van der Waals surface area contributed by atoms with E-state index in [0.717, 1.165) is 11.3 Å². The molecule has 5 heteroatoms. The van der Waals surface area contributed by atoms with Crippen LogP contribution in [0.25, 0.3) is 6.08 Å². The first-order valence-electron chi connectivity index (χ1n) is 4.93. The van der Waals surface area contributed by atoms with Crippen LogP contribution in [0.2, 0.25) is 0 Å². The summed E-state index contributed by atoms with van der Waals surface area (Å²) in [4.78, 5) is 0. The largest absolute Gasteiger partial charge is 0.621 e. The van der Waals surface area contributed by atoms with E-state index >= 15 is 0 Å². The van der Waals surface area contributed by atoms with E-state index in [1.165, 1.54) is 7.05 Å². The highest BCUT2D eigenvalue weighted by atomic mass is 32.1. The van der Waals surface area contributed by atoms with E-state index in [-0.39, 0.29) is 5.11 Å². The fourth-order valence-electron chi connectivity index (χ4n) is 1.62. The van der Waals surface area contributed by atoms with Gasteiger partial charge >= 0.3 is 0 Å². The van der Waals surface area contributed by atoms with Gasteiger partial charge < -0.3 is 16.3 Å². The van der Waals surface area contributed by atoms with Crippen molar-refractivity contribution in [1.82, 2.24) is 0 Å². The molecule has 1 aromatic rings. The van der Waals surface area contributed by atoms with Crippen molar-refractivity contribution in [1.29, 1.82) is 0 Å². The summed E-state index contributed by atoms with van der Waals surface area (Å²) in [6.07, 6.45) is 1.85. The predicted molar refractivity (Wildman–Crippen MR) is 69.2 cm³/mol. The van der Waals surface area contributed by atoms with Gasteiger partial charge in [-0.25, -0.2) is 0 Å². The lowest BCUT2D eigenvalue weighted by Gasteiger charge is -2.38. The Kier molecular flexibility index (Phi) is 2.67. The summed E-state index contributed by atoms with van der Waals surface area (Å²) in [6.45, 7) is 0.467. The Bertz CT molecular complexity index is 468. The second kappa shape index (κ2) is 3.86. The molecule has 1 aliphatic heterocycles. The van der Waals surface area contributed by atoms with Crippen LogP contribution in [-0.4, -0.2) is 23.4 Å². The van der Waals surface area contributed by atoms with Gasteiger partial charge in [0.1, 0.15) is 5.70 Å². The second-order valence-electron chi connectivity index (χ2n) is 3.84. The standard InChI is InChI=1S/C11H13N3OS/c1-14(15,11(12)16)9-6-8-4-2-3-5-10(8)13-7-9/h2-6,13H,7H2,1H3,(H2,12,16). The number of fused-ring (bicyclic) bond motifs is 1. The summed E-state index contributed by atoms with van der Waals surface area (Å²) in [5.41, 5.74) is 8.07. The SMILES string of the molecule is C[N+]([O-])(C(N)=S)C1=Cc2ccccc2NC1. The summed E-state index contributed by atoms with van der Waals surface area (Å²) in [5, 5.41) is 15.2. The molecule has 4 nitrogen and oxygen atoms in total. The van der Waals surface area contributed by atoms with Crippen molar-refractivity contribution in [3.05, 3.63) is 40.7 Å². The number of quaternary nitrogens is 1. The van der Waals surface area contributed by atoms with Crippen LogP contribution in [0.1, 0.15) is 5.56 Å². The number of anilines is 1. The van der Waals surface area contributed by atoms with Gasteiger partial charge in [0, 0.05) is 29.5 Å². The van der Waals surface area contributed by atoms with Gasteiger partial charge in [0.15, 0.2) is 0 Å². The predicted octanol–water partition coefficient (Wildman–Crippen LogP) is 1.64. The number of nitrogens with one attached hydrogen (secondary N) is 1. The van der Waals surface area contributed by atoms with E-state index in [0.29, 0.717) is 12.2 Å². The average molecular weight is 235 g/mol. The van der Waals surface area contributed by atoms with Crippen LogP contribution in [0.15, 0.2) is 30.0 Å². The third-order valence-corrected chi connectivity index (χ3v) is 3.06. The van der Waals surface area contributed by atoms with E-state index in [2.05, 4.69) is 5.32 Å². The van der Waals surface area contributed by atoms with Crippen molar-refractivity contribution in [2.75, 3.05) is 18.9 Å². The van der Waals surface area contributed by atoms with E-state index in [4.69, 9.17) is 18.0 Å². The van der Waals surface area contributed by atoms with Gasteiger partial charge in [0.05, 0.1) is 13.6 Å². The lowest BCUT2D eigenvalue weighted by Crippen LogP contribution is -2.48. The molecule has 84 valence electrons. The summed E-state index contributed by atoms with van der Waals surface area (Å²) in [7, 11) is 1.45.